The summed E-state index contributed by atoms with van der Waals surface area (Å²) in [5.41, 5.74) is 1.67. The number of ether oxygens (including phenoxy) is 2. The van der Waals surface area contributed by atoms with Gasteiger partial charge in [0.15, 0.2) is 11.5 Å². The molecular weight excluding hydrogens is 276 g/mol. The molecule has 0 amide bonds. The molecule has 0 aliphatic rings. The maximum Gasteiger partial charge on any atom is 0.161 e. The molecule has 5 heteroatoms. The zero-order chi connectivity index (χ0) is 13.9. The highest BCUT2D eigenvalue weighted by molar-refractivity contribution is 6.30. The predicted molar refractivity (Wildman–Crippen MR) is 77.5 cm³/mol. The second-order valence-corrected chi connectivity index (χ2v) is 4.72. The van der Waals surface area contributed by atoms with Crippen LogP contribution in [0, 0.1) is 0 Å². The summed E-state index contributed by atoms with van der Waals surface area (Å²) < 4.78 is 12.9. The van der Waals surface area contributed by atoms with Crippen molar-refractivity contribution in [3.05, 3.63) is 59.5 Å². The van der Waals surface area contributed by atoms with Gasteiger partial charge in [-0.1, -0.05) is 23.7 Å². The van der Waals surface area contributed by atoms with Gasteiger partial charge in [-0.15, -0.1) is 0 Å². The summed E-state index contributed by atoms with van der Waals surface area (Å²) in [7, 11) is 1.62. The number of halogens is 1. The van der Waals surface area contributed by atoms with Crippen LogP contribution in [0.4, 0.5) is 0 Å². The number of para-hydroxylation sites is 2. The monoisotopic (exact) mass is 288 g/mol. The van der Waals surface area contributed by atoms with Crippen LogP contribution in [0.25, 0.3) is 5.65 Å². The minimum atomic E-state index is 0.375. The van der Waals surface area contributed by atoms with Crippen LogP contribution in [0.3, 0.4) is 0 Å². The number of hydrogen-bond donors (Lipinski definition) is 0. The molecule has 0 atom stereocenters. The number of methoxy groups -OCH3 is 1. The Kier molecular flexibility index (Phi) is 3.48. The zero-order valence-electron chi connectivity index (χ0n) is 10.9. The molecule has 4 nitrogen and oxygen atoms in total. The van der Waals surface area contributed by atoms with Gasteiger partial charge in [-0.25, -0.2) is 4.98 Å². The van der Waals surface area contributed by atoms with Gasteiger partial charge in [0.2, 0.25) is 0 Å². The second-order valence-electron chi connectivity index (χ2n) is 4.28. The standard InChI is InChI=1S/C15H13ClN2O2/c1-19-13-4-2-3-5-14(13)20-10-12-9-18-8-11(16)6-7-15(18)17-12/h2-9H,10H2,1H3. The van der Waals surface area contributed by atoms with E-state index in [-0.39, 0.29) is 0 Å². The van der Waals surface area contributed by atoms with Crippen molar-refractivity contribution in [2.24, 2.45) is 0 Å². The summed E-state index contributed by atoms with van der Waals surface area (Å²) in [5, 5.41) is 0.673. The SMILES string of the molecule is COc1ccccc1OCc1cn2cc(Cl)ccc2n1. The smallest absolute Gasteiger partial charge is 0.161 e. The lowest BCUT2D eigenvalue weighted by Crippen LogP contribution is -1.97. The number of hydrogen-bond acceptors (Lipinski definition) is 3. The molecule has 0 bridgehead atoms. The van der Waals surface area contributed by atoms with E-state index in [4.69, 9.17) is 21.1 Å². The van der Waals surface area contributed by atoms with E-state index in [1.165, 1.54) is 0 Å². The number of aromatic nitrogens is 2. The summed E-state index contributed by atoms with van der Waals surface area (Å²) in [4.78, 5) is 4.46. The predicted octanol–water partition coefficient (Wildman–Crippen LogP) is 3.58. The van der Waals surface area contributed by atoms with Crippen molar-refractivity contribution in [3.8, 4) is 11.5 Å². The molecule has 0 spiro atoms. The molecule has 0 radical (unpaired) electrons. The van der Waals surface area contributed by atoms with E-state index in [0.717, 1.165) is 11.3 Å². The fourth-order valence-electron chi connectivity index (χ4n) is 1.98. The Morgan fingerprint density at radius 2 is 1.90 bits per heavy atom. The molecule has 0 unspecified atom stereocenters. The topological polar surface area (TPSA) is 35.8 Å². The summed E-state index contributed by atoms with van der Waals surface area (Å²) in [6, 6.07) is 11.2. The van der Waals surface area contributed by atoms with Crippen LogP contribution in [-0.4, -0.2) is 16.5 Å². The van der Waals surface area contributed by atoms with Gasteiger partial charge in [0.1, 0.15) is 12.3 Å². The Hall–Kier alpha value is -2.20. The van der Waals surface area contributed by atoms with Gasteiger partial charge in [0, 0.05) is 12.4 Å². The summed E-state index contributed by atoms with van der Waals surface area (Å²) in [6.07, 6.45) is 3.72. The average molecular weight is 289 g/mol. The Labute approximate surface area is 121 Å². The van der Waals surface area contributed by atoms with Crippen LogP contribution in [-0.2, 0) is 6.61 Å². The van der Waals surface area contributed by atoms with Crippen LogP contribution >= 0.6 is 11.6 Å². The number of fused-ring (bicyclic) bond motifs is 1. The van der Waals surface area contributed by atoms with Gasteiger partial charge in [0.05, 0.1) is 17.8 Å². The lowest BCUT2D eigenvalue weighted by Gasteiger charge is -2.08. The third-order valence-corrected chi connectivity index (χ3v) is 3.13. The van der Waals surface area contributed by atoms with E-state index < -0.39 is 0 Å². The molecule has 2 aromatic heterocycles. The first-order valence-electron chi connectivity index (χ1n) is 6.15. The van der Waals surface area contributed by atoms with Crippen molar-refractivity contribution in [1.29, 1.82) is 0 Å². The fraction of sp³-hybridized carbons (Fsp3) is 0.133. The molecule has 3 aromatic rings. The van der Waals surface area contributed by atoms with E-state index in [1.807, 2.05) is 53.2 Å². The van der Waals surface area contributed by atoms with Crippen LogP contribution in [0.15, 0.2) is 48.8 Å². The maximum atomic E-state index is 5.94. The van der Waals surface area contributed by atoms with E-state index >= 15 is 0 Å². The summed E-state index contributed by atoms with van der Waals surface area (Å²) in [6.45, 7) is 0.375. The van der Waals surface area contributed by atoms with Crippen molar-refractivity contribution in [3.63, 3.8) is 0 Å². The lowest BCUT2D eigenvalue weighted by atomic mass is 10.3. The number of rotatable bonds is 4. The number of nitrogens with zero attached hydrogens (tertiary/aromatic N) is 2. The Balaban J connectivity index is 1.79. The highest BCUT2D eigenvalue weighted by Crippen LogP contribution is 2.26. The first-order valence-corrected chi connectivity index (χ1v) is 6.53. The van der Waals surface area contributed by atoms with Crippen LogP contribution in [0.1, 0.15) is 5.69 Å². The molecule has 0 aliphatic carbocycles. The molecular formula is C15H13ClN2O2. The van der Waals surface area contributed by atoms with Gasteiger partial charge < -0.3 is 13.9 Å². The number of benzene rings is 1. The van der Waals surface area contributed by atoms with Gasteiger partial charge >= 0.3 is 0 Å². The highest BCUT2D eigenvalue weighted by atomic mass is 35.5. The number of pyridine rings is 1. The van der Waals surface area contributed by atoms with Crippen molar-refractivity contribution >= 4 is 17.2 Å². The fourth-order valence-corrected chi connectivity index (χ4v) is 2.14. The molecule has 0 aliphatic heterocycles. The minimum Gasteiger partial charge on any atom is -0.493 e. The van der Waals surface area contributed by atoms with E-state index in [0.29, 0.717) is 23.1 Å². The minimum absolute atomic E-state index is 0.375. The van der Waals surface area contributed by atoms with E-state index in [1.54, 1.807) is 7.11 Å². The zero-order valence-corrected chi connectivity index (χ0v) is 11.7. The molecule has 3 rings (SSSR count). The van der Waals surface area contributed by atoms with Gasteiger partial charge in [-0.05, 0) is 24.3 Å². The lowest BCUT2D eigenvalue weighted by molar-refractivity contribution is 0.281. The molecule has 2 heterocycles. The quantitative estimate of drug-likeness (QED) is 0.736. The van der Waals surface area contributed by atoms with E-state index in [2.05, 4.69) is 4.98 Å². The third kappa shape index (κ3) is 2.56. The van der Waals surface area contributed by atoms with Crippen LogP contribution in [0.5, 0.6) is 11.5 Å². The van der Waals surface area contributed by atoms with Crippen molar-refractivity contribution in [2.75, 3.05) is 7.11 Å². The van der Waals surface area contributed by atoms with Gasteiger partial charge in [-0.2, -0.15) is 0 Å². The van der Waals surface area contributed by atoms with Crippen molar-refractivity contribution in [1.82, 2.24) is 9.38 Å². The number of imidazole rings is 1. The molecule has 20 heavy (non-hydrogen) atoms. The van der Waals surface area contributed by atoms with Gasteiger partial charge in [-0.3, -0.25) is 0 Å². The first-order chi connectivity index (χ1) is 9.76. The molecule has 102 valence electrons. The average Bonchev–Trinajstić information content (AvgIpc) is 2.87. The molecule has 0 N–H and O–H groups in total. The molecule has 0 fully saturated rings. The summed E-state index contributed by atoms with van der Waals surface area (Å²) >= 11 is 5.94. The summed E-state index contributed by atoms with van der Waals surface area (Å²) in [5.74, 6) is 1.41. The van der Waals surface area contributed by atoms with Crippen LogP contribution < -0.4 is 9.47 Å². The molecule has 1 aromatic carbocycles. The Bertz CT molecular complexity index is 740. The molecule has 0 saturated heterocycles. The van der Waals surface area contributed by atoms with Gasteiger partial charge in [0.25, 0.3) is 0 Å². The van der Waals surface area contributed by atoms with Crippen molar-refractivity contribution < 1.29 is 9.47 Å². The first kappa shape index (κ1) is 12.8. The molecule has 0 saturated carbocycles. The highest BCUT2D eigenvalue weighted by Gasteiger charge is 2.06. The largest absolute Gasteiger partial charge is 0.493 e. The maximum absolute atomic E-state index is 5.94. The second kappa shape index (κ2) is 5.43. The third-order valence-electron chi connectivity index (χ3n) is 2.91. The normalized spacial score (nSPS) is 10.7. The Morgan fingerprint density at radius 1 is 1.10 bits per heavy atom. The Morgan fingerprint density at radius 3 is 2.70 bits per heavy atom. The van der Waals surface area contributed by atoms with Crippen LogP contribution in [0.2, 0.25) is 5.02 Å². The van der Waals surface area contributed by atoms with E-state index in [9.17, 15) is 0 Å². The van der Waals surface area contributed by atoms with Crippen molar-refractivity contribution in [2.45, 2.75) is 6.61 Å².